The van der Waals surface area contributed by atoms with Crippen LogP contribution in [-0.4, -0.2) is 24.8 Å². The highest BCUT2D eigenvalue weighted by Gasteiger charge is 2.22. The van der Waals surface area contributed by atoms with E-state index in [-0.39, 0.29) is 18.2 Å². The minimum atomic E-state index is -0.133. The molecule has 1 amide bonds. The number of para-hydroxylation sites is 1. The average Bonchev–Trinajstić information content (AvgIpc) is 2.77. The number of nitrogens with one attached hydrogen (secondary N) is 1. The molecule has 4 nitrogen and oxygen atoms in total. The van der Waals surface area contributed by atoms with Crippen LogP contribution < -0.4 is 10.2 Å². The molecule has 4 rings (SSSR count). The second-order valence-electron chi connectivity index (χ2n) is 7.02. The molecule has 0 saturated carbocycles. The third kappa shape index (κ3) is 4.17. The van der Waals surface area contributed by atoms with Crippen molar-refractivity contribution in [2.75, 3.05) is 23.3 Å². The van der Waals surface area contributed by atoms with Gasteiger partial charge in [0.2, 0.25) is 5.91 Å². The number of ketones is 1. The molecule has 0 fully saturated rings. The number of hydrogen-bond donors (Lipinski definition) is 1. The van der Waals surface area contributed by atoms with E-state index in [0.717, 1.165) is 18.5 Å². The van der Waals surface area contributed by atoms with Crippen molar-refractivity contribution < 1.29 is 9.59 Å². The summed E-state index contributed by atoms with van der Waals surface area (Å²) in [7, 11) is 0. The van der Waals surface area contributed by atoms with Crippen molar-refractivity contribution >= 4 is 34.7 Å². The lowest BCUT2D eigenvalue weighted by Gasteiger charge is -2.29. The lowest BCUT2D eigenvalue weighted by Crippen LogP contribution is -2.39. The van der Waals surface area contributed by atoms with Crippen LogP contribution in [0.15, 0.2) is 72.8 Å². The van der Waals surface area contributed by atoms with Crippen molar-refractivity contribution in [3.8, 4) is 0 Å². The molecular formula is C24H21ClN2O2. The first-order valence-corrected chi connectivity index (χ1v) is 10.0. The van der Waals surface area contributed by atoms with Gasteiger partial charge in [0.05, 0.1) is 6.54 Å². The topological polar surface area (TPSA) is 49.4 Å². The average molecular weight is 405 g/mol. The maximum Gasteiger partial charge on any atom is 0.246 e. The van der Waals surface area contributed by atoms with Gasteiger partial charge < -0.3 is 10.2 Å². The fraction of sp³-hybridized carbons (Fsp3) is 0.167. The van der Waals surface area contributed by atoms with Gasteiger partial charge in [0.1, 0.15) is 0 Å². The second-order valence-corrected chi connectivity index (χ2v) is 7.45. The first-order chi connectivity index (χ1) is 14.1. The van der Waals surface area contributed by atoms with Gasteiger partial charge >= 0.3 is 0 Å². The number of benzene rings is 3. The van der Waals surface area contributed by atoms with Crippen LogP contribution in [-0.2, 0) is 11.2 Å². The number of anilines is 2. The maximum absolute atomic E-state index is 12.9. The molecule has 1 aliphatic rings. The zero-order valence-electron chi connectivity index (χ0n) is 15.9. The number of carbonyl (C=O) groups excluding carboxylic acids is 2. The normalized spacial score (nSPS) is 12.9. The van der Waals surface area contributed by atoms with Crippen LogP contribution in [0.25, 0.3) is 0 Å². The van der Waals surface area contributed by atoms with E-state index >= 15 is 0 Å². The predicted octanol–water partition coefficient (Wildman–Crippen LogP) is 4.96. The third-order valence-corrected chi connectivity index (χ3v) is 5.34. The summed E-state index contributed by atoms with van der Waals surface area (Å²) in [5.41, 5.74) is 3.80. The van der Waals surface area contributed by atoms with Crippen LogP contribution in [0.3, 0.4) is 0 Å². The number of amides is 1. The monoisotopic (exact) mass is 404 g/mol. The molecule has 29 heavy (non-hydrogen) atoms. The number of hydrogen-bond acceptors (Lipinski definition) is 3. The first-order valence-electron chi connectivity index (χ1n) is 9.65. The molecule has 3 aromatic carbocycles. The van der Waals surface area contributed by atoms with E-state index in [4.69, 9.17) is 11.6 Å². The second kappa shape index (κ2) is 8.50. The standard InChI is InChI=1S/C24H21ClN2O2/c25-19-12-13-21(20(15-19)24(29)18-8-2-1-3-9-18)26-16-23(28)27-14-6-10-17-7-4-5-11-22(17)27/h1-5,7-9,11-13,15,26H,6,10,14,16H2. The Balaban J connectivity index is 1.54. The summed E-state index contributed by atoms with van der Waals surface area (Å²) in [6.07, 6.45) is 1.93. The molecule has 3 aromatic rings. The third-order valence-electron chi connectivity index (χ3n) is 5.10. The summed E-state index contributed by atoms with van der Waals surface area (Å²) in [5, 5.41) is 3.63. The van der Waals surface area contributed by atoms with Gasteiger partial charge in [-0.25, -0.2) is 0 Å². The van der Waals surface area contributed by atoms with E-state index in [0.29, 0.717) is 28.4 Å². The number of nitrogens with zero attached hydrogens (tertiary/aromatic N) is 1. The summed E-state index contributed by atoms with van der Waals surface area (Å²) >= 11 is 6.13. The number of fused-ring (bicyclic) bond motifs is 1. The van der Waals surface area contributed by atoms with Crippen molar-refractivity contribution in [2.24, 2.45) is 0 Å². The van der Waals surface area contributed by atoms with Gasteiger partial charge in [-0.05, 0) is 42.7 Å². The van der Waals surface area contributed by atoms with Gasteiger partial charge in [-0.2, -0.15) is 0 Å². The van der Waals surface area contributed by atoms with E-state index in [1.807, 2.05) is 41.3 Å². The Morgan fingerprint density at radius 3 is 2.55 bits per heavy atom. The van der Waals surface area contributed by atoms with E-state index < -0.39 is 0 Å². The van der Waals surface area contributed by atoms with Crippen LogP contribution in [0.2, 0.25) is 5.02 Å². The molecule has 0 saturated heterocycles. The zero-order valence-corrected chi connectivity index (χ0v) is 16.7. The van der Waals surface area contributed by atoms with E-state index in [9.17, 15) is 9.59 Å². The largest absolute Gasteiger partial charge is 0.376 e. The molecule has 0 atom stereocenters. The van der Waals surface area contributed by atoms with Crippen molar-refractivity contribution in [2.45, 2.75) is 12.8 Å². The van der Waals surface area contributed by atoms with Crippen molar-refractivity contribution in [3.63, 3.8) is 0 Å². The van der Waals surface area contributed by atoms with Gasteiger partial charge in [0, 0.05) is 34.1 Å². The SMILES string of the molecule is O=C(c1ccccc1)c1cc(Cl)ccc1NCC(=O)N1CCCc2ccccc21. The number of rotatable bonds is 5. The molecule has 1 N–H and O–H groups in total. The number of carbonyl (C=O) groups is 2. The zero-order chi connectivity index (χ0) is 20.2. The minimum absolute atomic E-state index is 0.0230. The number of halogens is 1. The Kier molecular flexibility index (Phi) is 5.63. The van der Waals surface area contributed by atoms with E-state index in [2.05, 4.69) is 11.4 Å². The summed E-state index contributed by atoms with van der Waals surface area (Å²) in [6.45, 7) is 0.805. The van der Waals surface area contributed by atoms with Gasteiger partial charge in [-0.15, -0.1) is 0 Å². The summed E-state index contributed by atoms with van der Waals surface area (Å²) < 4.78 is 0. The molecule has 0 aliphatic carbocycles. The van der Waals surface area contributed by atoms with Gasteiger partial charge in [0.25, 0.3) is 0 Å². The van der Waals surface area contributed by atoms with Gasteiger partial charge in [-0.3, -0.25) is 9.59 Å². The molecule has 0 bridgehead atoms. The lowest BCUT2D eigenvalue weighted by atomic mass is 10.0. The van der Waals surface area contributed by atoms with Crippen LogP contribution in [0.1, 0.15) is 27.9 Å². The predicted molar refractivity (Wildman–Crippen MR) is 117 cm³/mol. The molecule has 0 unspecified atom stereocenters. The molecule has 0 aromatic heterocycles. The Morgan fingerprint density at radius 1 is 0.966 bits per heavy atom. The van der Waals surface area contributed by atoms with E-state index in [1.54, 1.807) is 30.3 Å². The molecule has 1 heterocycles. The fourth-order valence-corrected chi connectivity index (χ4v) is 3.83. The lowest BCUT2D eigenvalue weighted by molar-refractivity contribution is -0.117. The summed E-state index contributed by atoms with van der Waals surface area (Å²) in [5.74, 6) is -0.156. The quantitative estimate of drug-likeness (QED) is 0.611. The van der Waals surface area contributed by atoms with Crippen LogP contribution in [0.4, 0.5) is 11.4 Å². The molecule has 5 heteroatoms. The maximum atomic E-state index is 12.9. The number of aryl methyl sites for hydroxylation is 1. The Bertz CT molecular complexity index is 1050. The van der Waals surface area contributed by atoms with Gasteiger partial charge in [-0.1, -0.05) is 60.1 Å². The highest BCUT2D eigenvalue weighted by atomic mass is 35.5. The molecular weight excluding hydrogens is 384 g/mol. The van der Waals surface area contributed by atoms with Crippen LogP contribution in [0.5, 0.6) is 0 Å². The summed E-state index contributed by atoms with van der Waals surface area (Å²) in [6, 6.07) is 22.1. The van der Waals surface area contributed by atoms with Crippen molar-refractivity contribution in [3.05, 3.63) is 94.5 Å². The highest BCUT2D eigenvalue weighted by Crippen LogP contribution is 2.27. The highest BCUT2D eigenvalue weighted by molar-refractivity contribution is 6.31. The van der Waals surface area contributed by atoms with E-state index in [1.165, 1.54) is 5.56 Å². The van der Waals surface area contributed by atoms with Gasteiger partial charge in [0.15, 0.2) is 5.78 Å². The van der Waals surface area contributed by atoms with Crippen LogP contribution in [0, 0.1) is 0 Å². The molecule has 0 radical (unpaired) electrons. The summed E-state index contributed by atoms with van der Waals surface area (Å²) in [4.78, 5) is 27.7. The Morgan fingerprint density at radius 2 is 1.72 bits per heavy atom. The molecule has 146 valence electrons. The Labute approximate surface area is 175 Å². The Hall–Kier alpha value is -3.11. The van der Waals surface area contributed by atoms with Crippen LogP contribution >= 0.6 is 11.6 Å². The fourth-order valence-electron chi connectivity index (χ4n) is 3.66. The van der Waals surface area contributed by atoms with Crippen molar-refractivity contribution in [1.82, 2.24) is 0 Å². The molecule has 0 spiro atoms. The smallest absolute Gasteiger partial charge is 0.246 e. The minimum Gasteiger partial charge on any atom is -0.376 e. The molecule has 1 aliphatic heterocycles. The van der Waals surface area contributed by atoms with Crippen molar-refractivity contribution in [1.29, 1.82) is 0 Å². The first kappa shape index (κ1) is 19.2.